The molecule has 0 bridgehead atoms. The summed E-state index contributed by atoms with van der Waals surface area (Å²) in [5.74, 6) is 6.13. The molecule has 1 saturated carbocycles. The molecular formula is C13H15FN2O. The molecule has 0 radical (unpaired) electrons. The Morgan fingerprint density at radius 2 is 2.18 bits per heavy atom. The van der Waals surface area contributed by atoms with E-state index in [2.05, 4.69) is 12.3 Å². The van der Waals surface area contributed by atoms with E-state index >= 15 is 0 Å². The van der Waals surface area contributed by atoms with Crippen LogP contribution in [0.2, 0.25) is 0 Å². The highest BCUT2D eigenvalue weighted by molar-refractivity contribution is 5.78. The Labute approximate surface area is 98.8 Å². The lowest BCUT2D eigenvalue weighted by atomic mass is 9.97. The number of furan rings is 1. The van der Waals surface area contributed by atoms with Crippen molar-refractivity contribution in [3.8, 4) is 0 Å². The first kappa shape index (κ1) is 10.7. The van der Waals surface area contributed by atoms with Crippen LogP contribution < -0.4 is 11.3 Å². The molecule has 1 aromatic heterocycles. The largest absolute Gasteiger partial charge is 0.459 e. The van der Waals surface area contributed by atoms with Crippen LogP contribution in [0, 0.1) is 11.2 Å². The lowest BCUT2D eigenvalue weighted by molar-refractivity contribution is 0.320. The van der Waals surface area contributed by atoms with Gasteiger partial charge in [-0.2, -0.15) is 0 Å². The third-order valence-electron chi connectivity index (χ3n) is 3.68. The molecule has 17 heavy (non-hydrogen) atoms. The van der Waals surface area contributed by atoms with E-state index < -0.39 is 0 Å². The second-order valence-electron chi connectivity index (χ2n) is 5.08. The fourth-order valence-electron chi connectivity index (χ4n) is 2.29. The summed E-state index contributed by atoms with van der Waals surface area (Å²) in [6.07, 6.45) is 2.26. The predicted molar refractivity (Wildman–Crippen MR) is 63.6 cm³/mol. The maximum absolute atomic E-state index is 13.1. The van der Waals surface area contributed by atoms with Gasteiger partial charge in [0.25, 0.3) is 0 Å². The molecule has 4 heteroatoms. The maximum Gasteiger partial charge on any atom is 0.134 e. The number of hydrogen-bond donors (Lipinski definition) is 2. The zero-order chi connectivity index (χ0) is 12.0. The number of hydrazine groups is 1. The summed E-state index contributed by atoms with van der Waals surface area (Å²) in [5, 5.41) is 0.782. The van der Waals surface area contributed by atoms with Gasteiger partial charge >= 0.3 is 0 Å². The molecule has 90 valence electrons. The smallest absolute Gasteiger partial charge is 0.134 e. The van der Waals surface area contributed by atoms with Crippen LogP contribution >= 0.6 is 0 Å². The molecular weight excluding hydrogens is 219 g/mol. The van der Waals surface area contributed by atoms with E-state index in [0.29, 0.717) is 5.58 Å². The number of fused-ring (bicyclic) bond motifs is 1. The minimum Gasteiger partial charge on any atom is -0.459 e. The van der Waals surface area contributed by atoms with Gasteiger partial charge in [-0.05, 0) is 42.5 Å². The van der Waals surface area contributed by atoms with Crippen molar-refractivity contribution in [1.29, 1.82) is 0 Å². The van der Waals surface area contributed by atoms with Gasteiger partial charge in [0.2, 0.25) is 0 Å². The van der Waals surface area contributed by atoms with E-state index in [9.17, 15) is 4.39 Å². The summed E-state index contributed by atoms with van der Waals surface area (Å²) in [6, 6.07) is 6.39. The number of hydrogen-bond acceptors (Lipinski definition) is 3. The monoisotopic (exact) mass is 234 g/mol. The van der Waals surface area contributed by atoms with Gasteiger partial charge in [0.1, 0.15) is 17.2 Å². The molecule has 3 N–H and O–H groups in total. The van der Waals surface area contributed by atoms with Gasteiger partial charge in [0, 0.05) is 5.39 Å². The summed E-state index contributed by atoms with van der Waals surface area (Å²) >= 11 is 0. The highest BCUT2D eigenvalue weighted by atomic mass is 19.1. The van der Waals surface area contributed by atoms with Crippen LogP contribution in [0.15, 0.2) is 28.7 Å². The van der Waals surface area contributed by atoms with Crippen molar-refractivity contribution >= 4 is 11.0 Å². The highest BCUT2D eigenvalue weighted by Crippen LogP contribution is 2.54. The van der Waals surface area contributed by atoms with Crippen LogP contribution in [-0.2, 0) is 0 Å². The molecule has 1 aromatic carbocycles. The van der Waals surface area contributed by atoms with E-state index in [-0.39, 0.29) is 17.3 Å². The number of halogens is 1. The topological polar surface area (TPSA) is 51.2 Å². The first-order chi connectivity index (χ1) is 8.12. The van der Waals surface area contributed by atoms with Crippen molar-refractivity contribution < 1.29 is 8.81 Å². The molecule has 1 fully saturated rings. The summed E-state index contributed by atoms with van der Waals surface area (Å²) in [7, 11) is 0. The van der Waals surface area contributed by atoms with E-state index in [4.69, 9.17) is 10.3 Å². The van der Waals surface area contributed by atoms with Crippen LogP contribution in [0.3, 0.4) is 0 Å². The van der Waals surface area contributed by atoms with Gasteiger partial charge in [-0.15, -0.1) is 0 Å². The summed E-state index contributed by atoms with van der Waals surface area (Å²) < 4.78 is 18.8. The lowest BCUT2D eigenvalue weighted by Crippen LogP contribution is -2.33. The third-order valence-corrected chi connectivity index (χ3v) is 3.68. The minimum atomic E-state index is -0.250. The van der Waals surface area contributed by atoms with E-state index in [1.54, 1.807) is 6.07 Å². The molecule has 3 nitrogen and oxygen atoms in total. The summed E-state index contributed by atoms with van der Waals surface area (Å²) in [5.41, 5.74) is 3.68. The molecule has 2 aromatic rings. The predicted octanol–water partition coefficient (Wildman–Crippen LogP) is 2.88. The van der Waals surface area contributed by atoms with Crippen LogP contribution in [0.1, 0.15) is 31.6 Å². The van der Waals surface area contributed by atoms with E-state index in [1.165, 1.54) is 12.1 Å². The number of nitrogens with one attached hydrogen (secondary N) is 1. The third kappa shape index (κ3) is 1.73. The van der Waals surface area contributed by atoms with Crippen molar-refractivity contribution in [1.82, 2.24) is 5.43 Å². The van der Waals surface area contributed by atoms with E-state index in [1.807, 2.05) is 6.07 Å². The van der Waals surface area contributed by atoms with Gasteiger partial charge < -0.3 is 4.42 Å². The molecule has 1 atom stereocenters. The van der Waals surface area contributed by atoms with Crippen LogP contribution in [0.25, 0.3) is 11.0 Å². The van der Waals surface area contributed by atoms with Crippen LogP contribution in [0.4, 0.5) is 4.39 Å². The van der Waals surface area contributed by atoms with Gasteiger partial charge in [-0.25, -0.2) is 9.82 Å². The van der Waals surface area contributed by atoms with E-state index in [0.717, 1.165) is 24.0 Å². The molecule has 0 aliphatic heterocycles. The Morgan fingerprint density at radius 3 is 2.82 bits per heavy atom. The SMILES string of the molecule is CC1(C(NN)c2cc3cc(F)ccc3o2)CC1. The van der Waals surface area contributed by atoms with Crippen LogP contribution in [0.5, 0.6) is 0 Å². The average Bonchev–Trinajstić information content (AvgIpc) is 2.89. The molecule has 0 saturated heterocycles. The molecule has 3 rings (SSSR count). The number of rotatable bonds is 3. The average molecular weight is 234 g/mol. The van der Waals surface area contributed by atoms with Crippen molar-refractivity contribution in [2.75, 3.05) is 0 Å². The highest BCUT2D eigenvalue weighted by Gasteiger charge is 2.46. The molecule has 1 unspecified atom stereocenters. The van der Waals surface area contributed by atoms with Gasteiger partial charge in [-0.1, -0.05) is 6.92 Å². The first-order valence-corrected chi connectivity index (χ1v) is 5.77. The normalized spacial score (nSPS) is 19.5. The van der Waals surface area contributed by atoms with Gasteiger partial charge in [0.15, 0.2) is 0 Å². The second kappa shape index (κ2) is 3.55. The van der Waals surface area contributed by atoms with Crippen molar-refractivity contribution in [2.45, 2.75) is 25.8 Å². The Bertz CT molecular complexity index is 560. The fraction of sp³-hybridized carbons (Fsp3) is 0.385. The Kier molecular flexibility index (Phi) is 2.24. The fourth-order valence-corrected chi connectivity index (χ4v) is 2.29. The van der Waals surface area contributed by atoms with Crippen molar-refractivity contribution in [3.05, 3.63) is 35.8 Å². The first-order valence-electron chi connectivity index (χ1n) is 5.77. The van der Waals surface area contributed by atoms with Crippen molar-refractivity contribution in [3.63, 3.8) is 0 Å². The molecule has 1 aliphatic rings. The Balaban J connectivity index is 2.05. The standard InChI is InChI=1S/C13H15FN2O/c1-13(4-5-13)12(16-15)11-7-8-6-9(14)2-3-10(8)17-11/h2-3,6-7,12,16H,4-5,15H2,1H3. The van der Waals surface area contributed by atoms with Gasteiger partial charge in [-0.3, -0.25) is 5.84 Å². The summed E-state index contributed by atoms with van der Waals surface area (Å²) in [4.78, 5) is 0. The molecule has 0 spiro atoms. The quantitative estimate of drug-likeness (QED) is 0.634. The summed E-state index contributed by atoms with van der Waals surface area (Å²) in [6.45, 7) is 2.17. The van der Waals surface area contributed by atoms with Gasteiger partial charge in [0.05, 0.1) is 6.04 Å². The molecule has 1 heterocycles. The molecule has 1 aliphatic carbocycles. The van der Waals surface area contributed by atoms with Crippen molar-refractivity contribution in [2.24, 2.45) is 11.3 Å². The Hall–Kier alpha value is -1.39. The minimum absolute atomic E-state index is 0.00189. The second-order valence-corrected chi connectivity index (χ2v) is 5.08. The zero-order valence-corrected chi connectivity index (χ0v) is 9.66. The van der Waals surface area contributed by atoms with Crippen LogP contribution in [-0.4, -0.2) is 0 Å². The Morgan fingerprint density at radius 1 is 1.41 bits per heavy atom. The lowest BCUT2D eigenvalue weighted by Gasteiger charge is -2.19. The zero-order valence-electron chi connectivity index (χ0n) is 9.66. The molecule has 0 amide bonds. The number of benzene rings is 1. The maximum atomic E-state index is 13.1. The number of nitrogens with two attached hydrogens (primary N) is 1.